The fourth-order valence-corrected chi connectivity index (χ4v) is 3.66. The number of benzene rings is 2. The maximum absolute atomic E-state index is 12.2. The molecule has 0 aliphatic rings. The zero-order valence-corrected chi connectivity index (χ0v) is 14.1. The number of para-hydroxylation sites is 1. The van der Waals surface area contributed by atoms with E-state index in [-0.39, 0.29) is 12.3 Å². The molecule has 0 saturated carbocycles. The van der Waals surface area contributed by atoms with Gasteiger partial charge in [0.1, 0.15) is 16.9 Å². The van der Waals surface area contributed by atoms with Gasteiger partial charge in [0.2, 0.25) is 10.0 Å². The zero-order chi connectivity index (χ0) is 17.2. The third-order valence-electron chi connectivity index (χ3n) is 3.79. The van der Waals surface area contributed by atoms with Gasteiger partial charge in [-0.15, -0.1) is 0 Å². The van der Waals surface area contributed by atoms with E-state index >= 15 is 0 Å². The zero-order valence-electron chi connectivity index (χ0n) is 13.3. The minimum atomic E-state index is -3.56. The van der Waals surface area contributed by atoms with E-state index in [0.29, 0.717) is 16.9 Å². The number of nitrogens with one attached hydrogen (secondary N) is 1. The molecule has 1 heterocycles. The smallest absolute Gasteiger partial charge is 0.215 e. The van der Waals surface area contributed by atoms with Gasteiger partial charge in [-0.2, -0.15) is 0 Å². The molecular weight excluding hydrogens is 326 g/mol. The van der Waals surface area contributed by atoms with Crippen LogP contribution in [-0.4, -0.2) is 20.1 Å². The maximum atomic E-state index is 12.2. The summed E-state index contributed by atoms with van der Waals surface area (Å²) in [5.41, 5.74) is -0.101. The Balaban J connectivity index is 1.72. The first kappa shape index (κ1) is 16.7. The summed E-state index contributed by atoms with van der Waals surface area (Å²) in [6, 6.07) is 18.0. The molecule has 3 rings (SSSR count). The van der Waals surface area contributed by atoms with E-state index in [9.17, 15) is 13.5 Å². The molecule has 0 aliphatic carbocycles. The number of aliphatic hydroxyl groups is 1. The van der Waals surface area contributed by atoms with Crippen molar-refractivity contribution in [1.29, 1.82) is 0 Å². The van der Waals surface area contributed by atoms with Gasteiger partial charge in [-0.05, 0) is 24.6 Å². The second-order valence-corrected chi connectivity index (χ2v) is 7.79. The number of hydrogen-bond acceptors (Lipinski definition) is 4. The van der Waals surface area contributed by atoms with E-state index in [4.69, 9.17) is 4.42 Å². The van der Waals surface area contributed by atoms with E-state index in [1.165, 1.54) is 6.92 Å². The molecule has 1 atom stereocenters. The molecular formula is C18H19NO4S. The third-order valence-corrected chi connectivity index (χ3v) is 5.09. The predicted octanol–water partition coefficient (Wildman–Crippen LogP) is 2.76. The van der Waals surface area contributed by atoms with Crippen LogP contribution in [0.3, 0.4) is 0 Å². The lowest BCUT2D eigenvalue weighted by Gasteiger charge is -2.21. The molecule has 0 saturated heterocycles. The van der Waals surface area contributed by atoms with Crippen molar-refractivity contribution < 1.29 is 17.9 Å². The van der Waals surface area contributed by atoms with Crippen LogP contribution < -0.4 is 4.72 Å². The van der Waals surface area contributed by atoms with Gasteiger partial charge in [0, 0.05) is 11.9 Å². The van der Waals surface area contributed by atoms with Crippen LogP contribution in [0.1, 0.15) is 18.2 Å². The lowest BCUT2D eigenvalue weighted by Crippen LogP contribution is -2.38. The van der Waals surface area contributed by atoms with Crippen molar-refractivity contribution in [1.82, 2.24) is 4.72 Å². The van der Waals surface area contributed by atoms with Crippen molar-refractivity contribution in [3.05, 3.63) is 72.0 Å². The summed E-state index contributed by atoms with van der Waals surface area (Å²) < 4.78 is 32.5. The molecule has 2 aromatic carbocycles. The van der Waals surface area contributed by atoms with Crippen LogP contribution in [0.15, 0.2) is 65.1 Å². The van der Waals surface area contributed by atoms with Crippen LogP contribution in [0.25, 0.3) is 11.0 Å². The molecule has 0 unspecified atom stereocenters. The molecule has 6 heteroatoms. The second kappa shape index (κ2) is 6.39. The van der Waals surface area contributed by atoms with Gasteiger partial charge >= 0.3 is 0 Å². The first-order valence-corrected chi connectivity index (χ1v) is 9.24. The highest BCUT2D eigenvalue weighted by Gasteiger charge is 2.29. The van der Waals surface area contributed by atoms with Crippen molar-refractivity contribution in [3.63, 3.8) is 0 Å². The van der Waals surface area contributed by atoms with Gasteiger partial charge in [0.05, 0.1) is 5.75 Å². The molecule has 0 amide bonds. The quantitative estimate of drug-likeness (QED) is 0.720. The summed E-state index contributed by atoms with van der Waals surface area (Å²) in [5, 5.41) is 11.5. The van der Waals surface area contributed by atoms with E-state index in [1.807, 2.05) is 24.3 Å². The van der Waals surface area contributed by atoms with Crippen molar-refractivity contribution in [3.8, 4) is 0 Å². The molecule has 0 spiro atoms. The van der Waals surface area contributed by atoms with Crippen LogP contribution in [0.2, 0.25) is 0 Å². The van der Waals surface area contributed by atoms with E-state index in [0.717, 1.165) is 5.39 Å². The van der Waals surface area contributed by atoms with Crippen molar-refractivity contribution in [2.45, 2.75) is 18.3 Å². The lowest BCUT2D eigenvalue weighted by atomic mass is 10.0. The standard InChI is InChI=1S/C18H19NO4S/c1-18(20,17-11-15-9-5-6-10-16(15)23-17)13-19-24(21,22)12-14-7-3-2-4-8-14/h2-11,19-20H,12-13H2,1H3/t18-/m1/s1. The third kappa shape index (κ3) is 3.84. The number of sulfonamides is 1. The monoisotopic (exact) mass is 345 g/mol. The number of hydrogen-bond donors (Lipinski definition) is 2. The first-order valence-electron chi connectivity index (χ1n) is 7.58. The fraction of sp³-hybridized carbons (Fsp3) is 0.222. The normalized spacial score (nSPS) is 14.6. The molecule has 126 valence electrons. The van der Waals surface area contributed by atoms with Crippen LogP contribution in [0.5, 0.6) is 0 Å². The SMILES string of the molecule is C[C@@](O)(CNS(=O)(=O)Cc1ccccc1)c1cc2ccccc2o1. The Morgan fingerprint density at radius 1 is 1.08 bits per heavy atom. The van der Waals surface area contributed by atoms with Gasteiger partial charge in [0.25, 0.3) is 0 Å². The van der Waals surface area contributed by atoms with Crippen LogP contribution in [-0.2, 0) is 21.4 Å². The van der Waals surface area contributed by atoms with E-state index in [2.05, 4.69) is 4.72 Å². The van der Waals surface area contributed by atoms with Gasteiger partial charge in [-0.25, -0.2) is 13.1 Å². The highest BCUT2D eigenvalue weighted by molar-refractivity contribution is 7.88. The predicted molar refractivity (Wildman–Crippen MR) is 92.9 cm³/mol. The lowest BCUT2D eigenvalue weighted by molar-refractivity contribution is 0.0411. The summed E-state index contributed by atoms with van der Waals surface area (Å²) >= 11 is 0. The topological polar surface area (TPSA) is 79.5 Å². The number of rotatable bonds is 6. The molecule has 0 fully saturated rings. The molecule has 1 aromatic heterocycles. The van der Waals surface area contributed by atoms with Gasteiger partial charge in [0.15, 0.2) is 0 Å². The Kier molecular flexibility index (Phi) is 4.45. The molecule has 0 radical (unpaired) electrons. The Morgan fingerprint density at radius 3 is 2.46 bits per heavy atom. The van der Waals surface area contributed by atoms with Crippen molar-refractivity contribution >= 4 is 21.0 Å². The van der Waals surface area contributed by atoms with Crippen molar-refractivity contribution in [2.24, 2.45) is 0 Å². The van der Waals surface area contributed by atoms with E-state index < -0.39 is 15.6 Å². The molecule has 5 nitrogen and oxygen atoms in total. The Hall–Kier alpha value is -2.15. The van der Waals surface area contributed by atoms with Crippen LogP contribution in [0.4, 0.5) is 0 Å². The van der Waals surface area contributed by atoms with Gasteiger partial charge in [-0.3, -0.25) is 0 Å². The maximum Gasteiger partial charge on any atom is 0.215 e. The minimum Gasteiger partial charge on any atom is -0.458 e. The summed E-state index contributed by atoms with van der Waals surface area (Å²) in [4.78, 5) is 0. The second-order valence-electron chi connectivity index (χ2n) is 5.99. The Bertz CT molecular complexity index is 897. The molecule has 0 aliphatic heterocycles. The van der Waals surface area contributed by atoms with Crippen LogP contribution in [0, 0.1) is 0 Å². The summed E-state index contributed by atoms with van der Waals surface area (Å²) in [5.74, 6) is 0.190. The van der Waals surface area contributed by atoms with Gasteiger partial charge < -0.3 is 9.52 Å². The fourth-order valence-electron chi connectivity index (χ4n) is 2.43. The summed E-state index contributed by atoms with van der Waals surface area (Å²) in [6.07, 6.45) is 0. The number of furan rings is 1. The number of fused-ring (bicyclic) bond motifs is 1. The molecule has 2 N–H and O–H groups in total. The summed E-state index contributed by atoms with van der Waals surface area (Å²) in [7, 11) is -3.56. The summed E-state index contributed by atoms with van der Waals surface area (Å²) in [6.45, 7) is 1.36. The highest BCUT2D eigenvalue weighted by Crippen LogP contribution is 2.27. The van der Waals surface area contributed by atoms with Crippen LogP contribution >= 0.6 is 0 Å². The first-order chi connectivity index (χ1) is 11.4. The van der Waals surface area contributed by atoms with E-state index in [1.54, 1.807) is 36.4 Å². The Labute approximate surface area is 141 Å². The molecule has 3 aromatic rings. The average molecular weight is 345 g/mol. The molecule has 0 bridgehead atoms. The average Bonchev–Trinajstić information content (AvgIpc) is 2.99. The minimum absolute atomic E-state index is 0.135. The van der Waals surface area contributed by atoms with Gasteiger partial charge in [-0.1, -0.05) is 48.5 Å². The largest absolute Gasteiger partial charge is 0.458 e. The van der Waals surface area contributed by atoms with Crippen molar-refractivity contribution in [2.75, 3.05) is 6.54 Å². The highest BCUT2D eigenvalue weighted by atomic mass is 32.2. The molecule has 24 heavy (non-hydrogen) atoms. The Morgan fingerprint density at radius 2 is 1.75 bits per heavy atom.